The van der Waals surface area contributed by atoms with Crippen LogP contribution < -0.4 is 4.74 Å². The molecule has 1 aliphatic rings. The number of benzene rings is 1. The summed E-state index contributed by atoms with van der Waals surface area (Å²) < 4.78 is 5.97. The molecule has 1 aromatic carbocycles. The average Bonchev–Trinajstić information content (AvgIpc) is 3.29. The van der Waals surface area contributed by atoms with Gasteiger partial charge in [0, 0.05) is 18.3 Å². The van der Waals surface area contributed by atoms with E-state index < -0.39 is 0 Å². The maximum absolute atomic E-state index is 12.0. The van der Waals surface area contributed by atoms with E-state index in [1.807, 2.05) is 12.4 Å². The normalized spacial score (nSPS) is 13.8. The predicted molar refractivity (Wildman–Crippen MR) is 96.3 cm³/mol. The molecular weight excluding hydrogens is 320 g/mol. The number of carbonyl (C=O) groups is 1. The third kappa shape index (κ3) is 3.96. The Balaban J connectivity index is 1.59. The van der Waals surface area contributed by atoms with Crippen molar-refractivity contribution in [3.8, 4) is 5.75 Å². The minimum absolute atomic E-state index is 0.242. The Morgan fingerprint density at radius 3 is 2.79 bits per heavy atom. The Morgan fingerprint density at radius 2 is 2.08 bits per heavy atom. The van der Waals surface area contributed by atoms with Crippen LogP contribution in [-0.2, 0) is 17.9 Å². The van der Waals surface area contributed by atoms with Crippen LogP contribution in [0.4, 0.5) is 0 Å². The standard InChI is InChI=1S/C19H24N2O2S/c1-12-7-13(2)14(3)17(8-12)23-10-18-20-16(11-24-18)9-21(4)19(22)15-5-6-15/h7-8,11,15H,5-6,9-10H2,1-4H3. The highest BCUT2D eigenvalue weighted by molar-refractivity contribution is 7.09. The third-order valence-electron chi connectivity index (χ3n) is 4.42. The molecule has 128 valence electrons. The lowest BCUT2D eigenvalue weighted by Gasteiger charge is -2.15. The summed E-state index contributed by atoms with van der Waals surface area (Å²) in [4.78, 5) is 18.4. The van der Waals surface area contributed by atoms with Crippen molar-refractivity contribution in [3.05, 3.63) is 44.9 Å². The number of aryl methyl sites for hydroxylation is 2. The van der Waals surface area contributed by atoms with E-state index in [1.165, 1.54) is 16.7 Å². The van der Waals surface area contributed by atoms with Crippen molar-refractivity contribution in [2.24, 2.45) is 5.92 Å². The van der Waals surface area contributed by atoms with Crippen LogP contribution in [0.3, 0.4) is 0 Å². The van der Waals surface area contributed by atoms with Gasteiger partial charge in [-0.05, 0) is 56.4 Å². The molecule has 3 rings (SSSR count). The van der Waals surface area contributed by atoms with Crippen molar-refractivity contribution >= 4 is 17.2 Å². The molecule has 0 atom stereocenters. The van der Waals surface area contributed by atoms with Crippen LogP contribution in [0, 0.1) is 26.7 Å². The summed E-state index contributed by atoms with van der Waals surface area (Å²) in [6, 6.07) is 4.23. The van der Waals surface area contributed by atoms with Gasteiger partial charge in [-0.25, -0.2) is 4.98 Å². The Morgan fingerprint density at radius 1 is 1.33 bits per heavy atom. The molecule has 1 aliphatic carbocycles. The summed E-state index contributed by atoms with van der Waals surface area (Å²) in [5.41, 5.74) is 4.55. The van der Waals surface area contributed by atoms with Gasteiger partial charge in [0.1, 0.15) is 17.4 Å². The maximum Gasteiger partial charge on any atom is 0.225 e. The van der Waals surface area contributed by atoms with Gasteiger partial charge in [-0.2, -0.15) is 0 Å². The molecule has 0 aliphatic heterocycles. The molecule has 1 saturated carbocycles. The lowest BCUT2D eigenvalue weighted by molar-refractivity contribution is -0.131. The van der Waals surface area contributed by atoms with Crippen molar-refractivity contribution < 1.29 is 9.53 Å². The summed E-state index contributed by atoms with van der Waals surface area (Å²) in [6.45, 7) is 7.30. The van der Waals surface area contributed by atoms with Crippen LogP contribution in [0.15, 0.2) is 17.5 Å². The van der Waals surface area contributed by atoms with E-state index in [0.29, 0.717) is 13.2 Å². The number of hydrogen-bond acceptors (Lipinski definition) is 4. The van der Waals surface area contributed by atoms with Crippen molar-refractivity contribution in [2.45, 2.75) is 46.8 Å². The molecule has 0 spiro atoms. The molecule has 0 unspecified atom stereocenters. The second-order valence-corrected chi connectivity index (χ2v) is 7.64. The number of aromatic nitrogens is 1. The van der Waals surface area contributed by atoms with Gasteiger partial charge in [-0.3, -0.25) is 4.79 Å². The predicted octanol–water partition coefficient (Wildman–Crippen LogP) is 4.02. The third-order valence-corrected chi connectivity index (χ3v) is 5.29. The van der Waals surface area contributed by atoms with Gasteiger partial charge in [-0.1, -0.05) is 6.07 Å². The van der Waals surface area contributed by atoms with Gasteiger partial charge in [-0.15, -0.1) is 11.3 Å². The number of thiazole rings is 1. The molecule has 1 amide bonds. The Hall–Kier alpha value is -1.88. The molecule has 4 nitrogen and oxygen atoms in total. The number of nitrogens with zero attached hydrogens (tertiary/aromatic N) is 2. The summed E-state index contributed by atoms with van der Waals surface area (Å²) in [7, 11) is 1.86. The number of amides is 1. The zero-order valence-corrected chi connectivity index (χ0v) is 15.6. The molecule has 1 aromatic heterocycles. The highest BCUT2D eigenvalue weighted by Gasteiger charge is 2.32. The Kier molecular flexibility index (Phi) is 4.90. The van der Waals surface area contributed by atoms with E-state index in [0.717, 1.165) is 29.3 Å². The van der Waals surface area contributed by atoms with Gasteiger partial charge >= 0.3 is 0 Å². The van der Waals surface area contributed by atoms with Crippen LogP contribution in [-0.4, -0.2) is 22.8 Å². The molecule has 5 heteroatoms. The fourth-order valence-electron chi connectivity index (χ4n) is 2.74. The maximum atomic E-state index is 12.0. The smallest absolute Gasteiger partial charge is 0.225 e. The SMILES string of the molecule is Cc1cc(C)c(C)c(OCc2nc(CN(C)C(=O)C3CC3)cs2)c1. The lowest BCUT2D eigenvalue weighted by atomic mass is 10.1. The second kappa shape index (κ2) is 6.93. The summed E-state index contributed by atoms with van der Waals surface area (Å²) in [6.07, 6.45) is 2.07. The average molecular weight is 344 g/mol. The molecule has 0 N–H and O–H groups in total. The van der Waals surface area contributed by atoms with Gasteiger partial charge in [0.15, 0.2) is 0 Å². The number of ether oxygens (including phenoxy) is 1. The van der Waals surface area contributed by atoms with Gasteiger partial charge in [0.05, 0.1) is 12.2 Å². The largest absolute Gasteiger partial charge is 0.486 e. The van der Waals surface area contributed by atoms with E-state index in [-0.39, 0.29) is 11.8 Å². The molecule has 1 heterocycles. The molecule has 24 heavy (non-hydrogen) atoms. The molecule has 1 fully saturated rings. The van der Waals surface area contributed by atoms with Crippen LogP contribution in [0.1, 0.15) is 40.2 Å². The highest BCUT2D eigenvalue weighted by Crippen LogP contribution is 2.31. The van der Waals surface area contributed by atoms with E-state index in [4.69, 9.17) is 4.74 Å². The highest BCUT2D eigenvalue weighted by atomic mass is 32.1. The summed E-state index contributed by atoms with van der Waals surface area (Å²) >= 11 is 1.59. The van der Waals surface area contributed by atoms with Crippen LogP contribution >= 0.6 is 11.3 Å². The van der Waals surface area contributed by atoms with Gasteiger partial charge < -0.3 is 9.64 Å². The van der Waals surface area contributed by atoms with Crippen molar-refractivity contribution in [3.63, 3.8) is 0 Å². The molecule has 0 saturated heterocycles. The number of carbonyl (C=O) groups excluding carboxylic acids is 1. The second-order valence-electron chi connectivity index (χ2n) is 6.69. The molecular formula is C19H24N2O2S. The first-order valence-corrected chi connectivity index (χ1v) is 9.21. The van der Waals surface area contributed by atoms with Crippen LogP contribution in [0.5, 0.6) is 5.75 Å². The van der Waals surface area contributed by atoms with Gasteiger partial charge in [0.2, 0.25) is 5.91 Å². The zero-order valence-electron chi connectivity index (χ0n) is 14.8. The quantitative estimate of drug-likeness (QED) is 0.795. The fourth-order valence-corrected chi connectivity index (χ4v) is 3.44. The van der Waals surface area contributed by atoms with Crippen LogP contribution in [0.25, 0.3) is 0 Å². The molecule has 2 aromatic rings. The van der Waals surface area contributed by atoms with Crippen molar-refractivity contribution in [1.29, 1.82) is 0 Å². The molecule has 0 bridgehead atoms. The Labute approximate surface area is 147 Å². The monoisotopic (exact) mass is 344 g/mol. The minimum atomic E-state index is 0.242. The zero-order chi connectivity index (χ0) is 17.3. The van der Waals surface area contributed by atoms with E-state index in [2.05, 4.69) is 37.9 Å². The number of hydrogen-bond donors (Lipinski definition) is 0. The van der Waals surface area contributed by atoms with E-state index in [1.54, 1.807) is 16.2 Å². The fraction of sp³-hybridized carbons (Fsp3) is 0.474. The lowest BCUT2D eigenvalue weighted by Crippen LogP contribution is -2.27. The van der Waals surface area contributed by atoms with E-state index in [9.17, 15) is 4.79 Å². The summed E-state index contributed by atoms with van der Waals surface area (Å²) in [5, 5.41) is 2.96. The first-order valence-electron chi connectivity index (χ1n) is 8.33. The minimum Gasteiger partial charge on any atom is -0.486 e. The number of rotatable bonds is 6. The Bertz CT molecular complexity index is 750. The van der Waals surface area contributed by atoms with Crippen LogP contribution in [0.2, 0.25) is 0 Å². The van der Waals surface area contributed by atoms with Gasteiger partial charge in [0.25, 0.3) is 0 Å². The first-order chi connectivity index (χ1) is 11.4. The topological polar surface area (TPSA) is 42.4 Å². The summed E-state index contributed by atoms with van der Waals surface area (Å²) in [5.74, 6) is 1.42. The van der Waals surface area contributed by atoms with Crippen molar-refractivity contribution in [2.75, 3.05) is 7.05 Å². The van der Waals surface area contributed by atoms with E-state index >= 15 is 0 Å². The first kappa shape index (κ1) is 17.0. The molecule has 0 radical (unpaired) electrons. The van der Waals surface area contributed by atoms with Crippen molar-refractivity contribution in [1.82, 2.24) is 9.88 Å².